The van der Waals surface area contributed by atoms with Crippen molar-refractivity contribution in [2.24, 2.45) is 0 Å². The monoisotopic (exact) mass is 253 g/mol. The number of carbonyl (C=O) groups excluding carboxylic acids is 1. The molecule has 0 aromatic rings. The normalized spacial score (nSPS) is 24.6. The fraction of sp³-hybridized carbons (Fsp3) is 0.889. The maximum absolute atomic E-state index is 11.2. The van der Waals surface area contributed by atoms with Crippen LogP contribution in [-0.2, 0) is 14.6 Å². The predicted octanol–water partition coefficient (Wildman–Crippen LogP) is 0.651. The standard InChI is InChI=1S/C9H16ClNO3S/c1-11(5-2-3-9(10)12)8-4-6-15(13,14)7-8/h8H,2-7H2,1H3. The summed E-state index contributed by atoms with van der Waals surface area (Å²) in [7, 11) is -0.923. The average molecular weight is 254 g/mol. The van der Waals surface area contributed by atoms with E-state index < -0.39 is 9.84 Å². The van der Waals surface area contributed by atoms with Crippen LogP contribution in [-0.4, -0.2) is 49.7 Å². The predicted molar refractivity (Wildman–Crippen MR) is 59.8 cm³/mol. The molecule has 4 nitrogen and oxygen atoms in total. The second kappa shape index (κ2) is 5.27. The third-order valence-corrected chi connectivity index (χ3v) is 4.66. The minimum atomic E-state index is -2.82. The highest BCUT2D eigenvalue weighted by Gasteiger charge is 2.30. The average Bonchev–Trinajstić information content (AvgIpc) is 2.45. The van der Waals surface area contributed by atoms with E-state index >= 15 is 0 Å². The molecule has 1 fully saturated rings. The highest BCUT2D eigenvalue weighted by Crippen LogP contribution is 2.16. The Hall–Kier alpha value is -0.130. The molecule has 1 unspecified atom stereocenters. The quantitative estimate of drug-likeness (QED) is 0.675. The number of sulfone groups is 1. The van der Waals surface area contributed by atoms with E-state index in [1.165, 1.54) is 0 Å². The van der Waals surface area contributed by atoms with Crippen molar-refractivity contribution in [2.45, 2.75) is 25.3 Å². The van der Waals surface area contributed by atoms with Gasteiger partial charge in [0.25, 0.3) is 0 Å². The molecule has 1 atom stereocenters. The molecule has 88 valence electrons. The molecule has 0 aromatic carbocycles. The van der Waals surface area contributed by atoms with E-state index in [2.05, 4.69) is 0 Å². The molecule has 15 heavy (non-hydrogen) atoms. The van der Waals surface area contributed by atoms with E-state index in [0.717, 1.165) is 6.54 Å². The van der Waals surface area contributed by atoms with Crippen molar-refractivity contribution in [3.63, 3.8) is 0 Å². The number of rotatable bonds is 5. The third kappa shape index (κ3) is 4.49. The number of hydrogen-bond donors (Lipinski definition) is 0. The van der Waals surface area contributed by atoms with Gasteiger partial charge < -0.3 is 4.90 Å². The lowest BCUT2D eigenvalue weighted by Crippen LogP contribution is -2.33. The topological polar surface area (TPSA) is 54.5 Å². The van der Waals surface area contributed by atoms with Crippen molar-refractivity contribution in [2.75, 3.05) is 25.1 Å². The Bertz CT molecular complexity index is 328. The molecule has 1 aliphatic rings. The minimum Gasteiger partial charge on any atom is -0.302 e. The van der Waals surface area contributed by atoms with Crippen molar-refractivity contribution in [1.29, 1.82) is 0 Å². The first-order valence-electron chi connectivity index (χ1n) is 5.00. The van der Waals surface area contributed by atoms with Crippen LogP contribution >= 0.6 is 11.6 Å². The Morgan fingerprint density at radius 1 is 1.53 bits per heavy atom. The Kier molecular flexibility index (Phi) is 4.55. The Labute approximate surface area is 95.5 Å². The molecule has 1 aliphatic heterocycles. The van der Waals surface area contributed by atoms with E-state index in [4.69, 9.17) is 11.6 Å². The van der Waals surface area contributed by atoms with Gasteiger partial charge in [-0.1, -0.05) is 0 Å². The van der Waals surface area contributed by atoms with Crippen LogP contribution in [0.4, 0.5) is 0 Å². The zero-order valence-corrected chi connectivity index (χ0v) is 10.4. The van der Waals surface area contributed by atoms with Gasteiger partial charge in [-0.3, -0.25) is 4.79 Å². The summed E-state index contributed by atoms with van der Waals surface area (Å²) in [6.07, 6.45) is 1.74. The van der Waals surface area contributed by atoms with Gasteiger partial charge >= 0.3 is 0 Å². The van der Waals surface area contributed by atoms with Crippen molar-refractivity contribution >= 4 is 26.7 Å². The van der Waals surface area contributed by atoms with E-state index in [1.54, 1.807) is 0 Å². The largest absolute Gasteiger partial charge is 0.302 e. The van der Waals surface area contributed by atoms with Gasteiger partial charge in [-0.25, -0.2) is 8.42 Å². The number of hydrogen-bond acceptors (Lipinski definition) is 4. The van der Waals surface area contributed by atoms with Gasteiger partial charge in [-0.15, -0.1) is 0 Å². The van der Waals surface area contributed by atoms with E-state index in [0.29, 0.717) is 19.3 Å². The molecule has 0 spiro atoms. The first-order valence-corrected chi connectivity index (χ1v) is 7.19. The zero-order valence-electron chi connectivity index (χ0n) is 8.78. The molecule has 0 radical (unpaired) electrons. The van der Waals surface area contributed by atoms with Crippen LogP contribution in [0.2, 0.25) is 0 Å². The summed E-state index contributed by atoms with van der Waals surface area (Å²) >= 11 is 5.21. The molecular formula is C9H16ClNO3S. The van der Waals surface area contributed by atoms with Gasteiger partial charge in [0.2, 0.25) is 5.24 Å². The van der Waals surface area contributed by atoms with Crippen molar-refractivity contribution in [1.82, 2.24) is 4.90 Å². The molecule has 6 heteroatoms. The fourth-order valence-corrected chi connectivity index (χ4v) is 3.71. The molecule has 0 aliphatic carbocycles. The van der Waals surface area contributed by atoms with Crippen LogP contribution in [0.3, 0.4) is 0 Å². The minimum absolute atomic E-state index is 0.112. The highest BCUT2D eigenvalue weighted by molar-refractivity contribution is 7.91. The molecular weight excluding hydrogens is 238 g/mol. The van der Waals surface area contributed by atoms with Gasteiger partial charge in [0.05, 0.1) is 11.5 Å². The molecule has 0 N–H and O–H groups in total. The van der Waals surface area contributed by atoms with E-state index in [-0.39, 0.29) is 22.8 Å². The number of carbonyl (C=O) groups is 1. The summed E-state index contributed by atoms with van der Waals surface area (Å²) in [6.45, 7) is 0.721. The van der Waals surface area contributed by atoms with Crippen LogP contribution < -0.4 is 0 Å². The van der Waals surface area contributed by atoms with Crippen LogP contribution in [0.5, 0.6) is 0 Å². The van der Waals surface area contributed by atoms with Crippen molar-refractivity contribution < 1.29 is 13.2 Å². The Balaban J connectivity index is 2.29. The fourth-order valence-electron chi connectivity index (χ4n) is 1.77. The summed E-state index contributed by atoms with van der Waals surface area (Å²) in [6, 6.07) is 0.112. The third-order valence-electron chi connectivity index (χ3n) is 2.72. The maximum Gasteiger partial charge on any atom is 0.221 e. The molecule has 0 saturated carbocycles. The SMILES string of the molecule is CN(CCCC(=O)Cl)C1CCS(=O)(=O)C1. The van der Waals surface area contributed by atoms with Gasteiger partial charge in [0.1, 0.15) is 0 Å². The van der Waals surface area contributed by atoms with Gasteiger partial charge in [0.15, 0.2) is 9.84 Å². The Morgan fingerprint density at radius 3 is 2.67 bits per heavy atom. The van der Waals surface area contributed by atoms with Crippen LogP contribution in [0, 0.1) is 0 Å². The summed E-state index contributed by atoms with van der Waals surface area (Å²) in [5, 5.41) is -0.331. The molecule has 0 bridgehead atoms. The lowest BCUT2D eigenvalue weighted by molar-refractivity contribution is -0.111. The van der Waals surface area contributed by atoms with E-state index in [1.807, 2.05) is 11.9 Å². The maximum atomic E-state index is 11.2. The summed E-state index contributed by atoms with van der Waals surface area (Å²) in [5.41, 5.74) is 0. The van der Waals surface area contributed by atoms with Crippen LogP contribution in [0.1, 0.15) is 19.3 Å². The highest BCUT2D eigenvalue weighted by atomic mass is 35.5. The molecule has 1 rings (SSSR count). The van der Waals surface area contributed by atoms with Gasteiger partial charge in [-0.05, 0) is 38.0 Å². The first-order chi connectivity index (χ1) is 6.91. The molecule has 1 saturated heterocycles. The summed E-state index contributed by atoms with van der Waals surface area (Å²) < 4.78 is 22.5. The van der Waals surface area contributed by atoms with Crippen molar-refractivity contribution in [3.05, 3.63) is 0 Å². The second-order valence-corrected chi connectivity index (χ2v) is 6.65. The first kappa shape index (κ1) is 12.9. The van der Waals surface area contributed by atoms with Crippen molar-refractivity contribution in [3.8, 4) is 0 Å². The van der Waals surface area contributed by atoms with Gasteiger partial charge in [0, 0.05) is 12.5 Å². The molecule has 0 aromatic heterocycles. The van der Waals surface area contributed by atoms with E-state index in [9.17, 15) is 13.2 Å². The lowest BCUT2D eigenvalue weighted by Gasteiger charge is -2.22. The molecule has 0 amide bonds. The van der Waals surface area contributed by atoms with Crippen LogP contribution in [0.25, 0.3) is 0 Å². The smallest absolute Gasteiger partial charge is 0.221 e. The van der Waals surface area contributed by atoms with Gasteiger partial charge in [-0.2, -0.15) is 0 Å². The number of halogens is 1. The molecule has 1 heterocycles. The number of nitrogens with zero attached hydrogens (tertiary/aromatic N) is 1. The van der Waals surface area contributed by atoms with Crippen LogP contribution in [0.15, 0.2) is 0 Å². The zero-order chi connectivity index (χ0) is 11.5. The Morgan fingerprint density at radius 2 is 2.20 bits per heavy atom. The summed E-state index contributed by atoms with van der Waals surface area (Å²) in [4.78, 5) is 12.5. The lowest BCUT2D eigenvalue weighted by atomic mass is 10.2. The summed E-state index contributed by atoms with van der Waals surface area (Å²) in [5.74, 6) is 0.536. The second-order valence-electron chi connectivity index (χ2n) is 4.00.